The molecule has 2 aromatic carbocycles. The van der Waals surface area contributed by atoms with Crippen LogP contribution in [-0.2, 0) is 22.6 Å². The molecule has 0 saturated carbocycles. The molecule has 0 spiro atoms. The second kappa shape index (κ2) is 8.81. The van der Waals surface area contributed by atoms with Gasteiger partial charge in [-0.15, -0.1) is 0 Å². The number of amides is 2. The predicted octanol–water partition coefficient (Wildman–Crippen LogP) is 3.16. The lowest BCUT2D eigenvalue weighted by atomic mass is 10.1. The fourth-order valence-corrected chi connectivity index (χ4v) is 2.78. The Kier molecular flexibility index (Phi) is 6.01. The first kappa shape index (κ1) is 19.1. The third-order valence-corrected chi connectivity index (χ3v) is 4.24. The Morgan fingerprint density at radius 2 is 1.93 bits per heavy atom. The van der Waals surface area contributed by atoms with E-state index in [0.29, 0.717) is 12.2 Å². The third kappa shape index (κ3) is 4.94. The minimum atomic E-state index is -0.285. The van der Waals surface area contributed by atoms with Crippen molar-refractivity contribution in [1.82, 2.24) is 15.1 Å². The summed E-state index contributed by atoms with van der Waals surface area (Å²) < 4.78 is 1.81. The van der Waals surface area contributed by atoms with Crippen LogP contribution in [0.25, 0.3) is 5.69 Å². The zero-order valence-electron chi connectivity index (χ0n) is 15.7. The maximum Gasteiger partial charge on any atom is 0.247 e. The standard InChI is InChI=1S/C22H22N4O2/c1-3-21(27)24-19-9-7-8-17(12-19)13-22(28)23-14-18-15-26(25-16(18)2)20-10-5-4-6-11-20/h3-12,15H,1,13-14H2,2H3,(H,23,28)(H,24,27). The first-order valence-corrected chi connectivity index (χ1v) is 8.95. The number of nitrogens with zero attached hydrogens (tertiary/aromatic N) is 2. The van der Waals surface area contributed by atoms with Crippen molar-refractivity contribution in [3.63, 3.8) is 0 Å². The van der Waals surface area contributed by atoms with Crippen LogP contribution in [0.15, 0.2) is 73.4 Å². The van der Waals surface area contributed by atoms with Gasteiger partial charge in [-0.25, -0.2) is 4.68 Å². The second-order valence-corrected chi connectivity index (χ2v) is 6.37. The van der Waals surface area contributed by atoms with E-state index in [9.17, 15) is 9.59 Å². The second-order valence-electron chi connectivity index (χ2n) is 6.37. The molecule has 142 valence electrons. The highest BCUT2D eigenvalue weighted by molar-refractivity contribution is 5.98. The number of anilines is 1. The molecule has 0 aliphatic carbocycles. The summed E-state index contributed by atoms with van der Waals surface area (Å²) in [6.07, 6.45) is 3.36. The third-order valence-electron chi connectivity index (χ3n) is 4.24. The van der Waals surface area contributed by atoms with E-state index in [2.05, 4.69) is 22.3 Å². The lowest BCUT2D eigenvalue weighted by Gasteiger charge is -2.07. The van der Waals surface area contributed by atoms with E-state index in [4.69, 9.17) is 0 Å². The topological polar surface area (TPSA) is 76.0 Å². The lowest BCUT2D eigenvalue weighted by Crippen LogP contribution is -2.24. The molecule has 0 radical (unpaired) electrons. The van der Waals surface area contributed by atoms with Crippen molar-refractivity contribution in [3.8, 4) is 5.69 Å². The maximum absolute atomic E-state index is 12.3. The quantitative estimate of drug-likeness (QED) is 0.624. The van der Waals surface area contributed by atoms with Crippen molar-refractivity contribution < 1.29 is 9.59 Å². The van der Waals surface area contributed by atoms with Gasteiger partial charge in [0.15, 0.2) is 0 Å². The number of carbonyl (C=O) groups is 2. The summed E-state index contributed by atoms with van der Waals surface area (Å²) in [6.45, 7) is 5.76. The van der Waals surface area contributed by atoms with Gasteiger partial charge in [0.05, 0.1) is 17.8 Å². The van der Waals surface area contributed by atoms with Gasteiger partial charge in [0, 0.05) is 24.0 Å². The summed E-state index contributed by atoms with van der Waals surface area (Å²) in [5.41, 5.74) is 4.26. The van der Waals surface area contributed by atoms with E-state index in [0.717, 1.165) is 22.5 Å². The van der Waals surface area contributed by atoms with Crippen molar-refractivity contribution in [2.75, 3.05) is 5.32 Å². The molecule has 1 aromatic heterocycles. The lowest BCUT2D eigenvalue weighted by molar-refractivity contribution is -0.120. The number of para-hydroxylation sites is 1. The first-order chi connectivity index (χ1) is 13.5. The van der Waals surface area contributed by atoms with Gasteiger partial charge in [-0.1, -0.05) is 36.9 Å². The Bertz CT molecular complexity index is 993. The molecule has 3 aromatic rings. The highest BCUT2D eigenvalue weighted by atomic mass is 16.2. The molecular weight excluding hydrogens is 352 g/mol. The molecule has 0 unspecified atom stereocenters. The zero-order chi connectivity index (χ0) is 19.9. The van der Waals surface area contributed by atoms with Crippen LogP contribution in [0.5, 0.6) is 0 Å². The highest BCUT2D eigenvalue weighted by Crippen LogP contribution is 2.13. The molecule has 0 fully saturated rings. The van der Waals surface area contributed by atoms with Gasteiger partial charge >= 0.3 is 0 Å². The predicted molar refractivity (Wildman–Crippen MR) is 109 cm³/mol. The normalized spacial score (nSPS) is 10.3. The smallest absolute Gasteiger partial charge is 0.247 e. The van der Waals surface area contributed by atoms with E-state index in [-0.39, 0.29) is 18.2 Å². The molecule has 0 atom stereocenters. The SMILES string of the molecule is C=CC(=O)Nc1cccc(CC(=O)NCc2cn(-c3ccccc3)nc2C)c1. The highest BCUT2D eigenvalue weighted by Gasteiger charge is 2.09. The van der Waals surface area contributed by atoms with Crippen molar-refractivity contribution in [3.05, 3.63) is 90.3 Å². The Balaban J connectivity index is 1.59. The molecule has 0 bridgehead atoms. The molecule has 0 saturated heterocycles. The Labute approximate surface area is 163 Å². The van der Waals surface area contributed by atoms with Gasteiger partial charge in [-0.3, -0.25) is 9.59 Å². The monoisotopic (exact) mass is 374 g/mol. The van der Waals surface area contributed by atoms with Crippen LogP contribution in [0.3, 0.4) is 0 Å². The molecule has 0 aliphatic rings. The summed E-state index contributed by atoms with van der Waals surface area (Å²) in [5.74, 6) is -0.383. The van der Waals surface area contributed by atoms with Gasteiger partial charge in [0.2, 0.25) is 11.8 Å². The minimum absolute atomic E-state index is 0.0981. The number of hydrogen-bond donors (Lipinski definition) is 2. The van der Waals surface area contributed by atoms with Gasteiger partial charge in [-0.2, -0.15) is 5.10 Å². The molecule has 2 amide bonds. The fraction of sp³-hybridized carbons (Fsp3) is 0.136. The van der Waals surface area contributed by atoms with Crippen molar-refractivity contribution >= 4 is 17.5 Å². The van der Waals surface area contributed by atoms with E-state index < -0.39 is 0 Å². The average molecular weight is 374 g/mol. The fourth-order valence-electron chi connectivity index (χ4n) is 2.78. The average Bonchev–Trinajstić information content (AvgIpc) is 3.08. The number of nitrogens with one attached hydrogen (secondary N) is 2. The summed E-state index contributed by atoms with van der Waals surface area (Å²) in [5, 5.41) is 10.1. The van der Waals surface area contributed by atoms with E-state index in [1.54, 1.807) is 18.2 Å². The molecule has 2 N–H and O–H groups in total. The van der Waals surface area contributed by atoms with E-state index >= 15 is 0 Å². The maximum atomic E-state index is 12.3. The molecule has 3 rings (SSSR count). The summed E-state index contributed by atoms with van der Waals surface area (Å²) >= 11 is 0. The molecule has 6 heteroatoms. The number of aryl methyl sites for hydroxylation is 1. The minimum Gasteiger partial charge on any atom is -0.352 e. The van der Waals surface area contributed by atoms with Crippen LogP contribution >= 0.6 is 0 Å². The molecule has 6 nitrogen and oxygen atoms in total. The number of carbonyl (C=O) groups excluding carboxylic acids is 2. The van der Waals surface area contributed by atoms with Gasteiger partial charge < -0.3 is 10.6 Å². The van der Waals surface area contributed by atoms with E-state index in [1.165, 1.54) is 6.08 Å². The largest absolute Gasteiger partial charge is 0.352 e. The van der Waals surface area contributed by atoms with Crippen LogP contribution in [0.2, 0.25) is 0 Å². The van der Waals surface area contributed by atoms with E-state index in [1.807, 2.05) is 54.2 Å². The Morgan fingerprint density at radius 3 is 2.68 bits per heavy atom. The van der Waals surface area contributed by atoms with Crippen LogP contribution in [-0.4, -0.2) is 21.6 Å². The van der Waals surface area contributed by atoms with Crippen molar-refractivity contribution in [2.24, 2.45) is 0 Å². The summed E-state index contributed by atoms with van der Waals surface area (Å²) in [7, 11) is 0. The molecule has 28 heavy (non-hydrogen) atoms. The van der Waals surface area contributed by atoms with Crippen LogP contribution in [0, 0.1) is 6.92 Å². The van der Waals surface area contributed by atoms with Crippen LogP contribution in [0.4, 0.5) is 5.69 Å². The molecule has 0 aliphatic heterocycles. The summed E-state index contributed by atoms with van der Waals surface area (Å²) in [6, 6.07) is 17.0. The van der Waals surface area contributed by atoms with Gasteiger partial charge in [-0.05, 0) is 42.8 Å². The Morgan fingerprint density at radius 1 is 1.14 bits per heavy atom. The van der Waals surface area contributed by atoms with Gasteiger partial charge in [0.25, 0.3) is 0 Å². The number of hydrogen-bond acceptors (Lipinski definition) is 3. The van der Waals surface area contributed by atoms with Crippen LogP contribution in [0.1, 0.15) is 16.8 Å². The van der Waals surface area contributed by atoms with Crippen molar-refractivity contribution in [2.45, 2.75) is 19.9 Å². The van der Waals surface area contributed by atoms with Gasteiger partial charge in [0.1, 0.15) is 0 Å². The molecular formula is C22H22N4O2. The number of aromatic nitrogens is 2. The van der Waals surface area contributed by atoms with Crippen LogP contribution < -0.4 is 10.6 Å². The molecule has 1 heterocycles. The Hall–Kier alpha value is -3.67. The zero-order valence-corrected chi connectivity index (χ0v) is 15.7. The van der Waals surface area contributed by atoms with Crippen molar-refractivity contribution in [1.29, 1.82) is 0 Å². The number of benzene rings is 2. The number of rotatable bonds is 7. The summed E-state index contributed by atoms with van der Waals surface area (Å²) in [4.78, 5) is 23.7. The first-order valence-electron chi connectivity index (χ1n) is 8.95.